The Hall–Kier alpha value is -2.22. The molecule has 0 aliphatic carbocycles. The van der Waals surface area contributed by atoms with Crippen LogP contribution in [0.3, 0.4) is 0 Å². The number of aryl methyl sites for hydroxylation is 1. The Morgan fingerprint density at radius 2 is 2.20 bits per heavy atom. The number of rotatable bonds is 1. The number of fused-ring (bicyclic) bond motifs is 1. The van der Waals surface area contributed by atoms with E-state index in [4.69, 9.17) is 9.90 Å². The lowest BCUT2D eigenvalue weighted by molar-refractivity contribution is -0.134. The Morgan fingerprint density at radius 1 is 1.50 bits per heavy atom. The average Bonchev–Trinajstić information content (AvgIpc) is 2.95. The van der Waals surface area contributed by atoms with Crippen LogP contribution in [0, 0.1) is 0 Å². The molecule has 2 aromatic rings. The van der Waals surface area contributed by atoms with Gasteiger partial charge in [0.05, 0.1) is 18.3 Å². The predicted octanol–water partition coefficient (Wildman–Crippen LogP) is 0.434. The summed E-state index contributed by atoms with van der Waals surface area (Å²) in [7, 11) is 1.90. The normalized spacial score (nSPS) is 17.1. The van der Waals surface area contributed by atoms with E-state index in [1.165, 1.54) is 0 Å². The van der Waals surface area contributed by atoms with Gasteiger partial charge in [-0.05, 0) is 6.92 Å². The van der Waals surface area contributed by atoms with Crippen LogP contribution in [0.5, 0.6) is 0 Å². The SMILES string of the molecule is CC(=O)O.C[C@H]1CNCc2nnc(-c3cnn(C)c3)n21. The summed E-state index contributed by atoms with van der Waals surface area (Å²) in [5.74, 6) is 1.08. The predicted molar refractivity (Wildman–Crippen MR) is 72.0 cm³/mol. The van der Waals surface area contributed by atoms with Crippen LogP contribution in [0.2, 0.25) is 0 Å². The van der Waals surface area contributed by atoms with E-state index in [-0.39, 0.29) is 0 Å². The summed E-state index contributed by atoms with van der Waals surface area (Å²) in [6.07, 6.45) is 3.79. The largest absolute Gasteiger partial charge is 0.481 e. The van der Waals surface area contributed by atoms with E-state index in [0.29, 0.717) is 6.04 Å². The second-order valence-corrected chi connectivity index (χ2v) is 4.71. The van der Waals surface area contributed by atoms with Crippen LogP contribution in [0.1, 0.15) is 25.7 Å². The van der Waals surface area contributed by atoms with Crippen molar-refractivity contribution in [1.82, 2.24) is 29.9 Å². The van der Waals surface area contributed by atoms with Crippen LogP contribution < -0.4 is 5.32 Å². The standard InChI is InChI=1S/C10H14N6.C2H4O2/c1-7-3-11-5-9-13-14-10(16(7)9)8-4-12-15(2)6-8;1-2(3)4/h4,6-7,11H,3,5H2,1-2H3;1H3,(H,3,4)/t7-;/m0./s1. The summed E-state index contributed by atoms with van der Waals surface area (Å²) < 4.78 is 3.97. The Labute approximate surface area is 116 Å². The first-order chi connectivity index (χ1) is 9.49. The van der Waals surface area contributed by atoms with Gasteiger partial charge in [0.1, 0.15) is 5.82 Å². The van der Waals surface area contributed by atoms with Crippen LogP contribution in [-0.4, -0.2) is 42.2 Å². The molecule has 8 heteroatoms. The van der Waals surface area contributed by atoms with Gasteiger partial charge in [0.15, 0.2) is 5.82 Å². The Morgan fingerprint density at radius 3 is 2.80 bits per heavy atom. The molecule has 0 saturated heterocycles. The van der Waals surface area contributed by atoms with Crippen molar-refractivity contribution in [2.45, 2.75) is 26.4 Å². The minimum absolute atomic E-state index is 0.383. The zero-order valence-corrected chi connectivity index (χ0v) is 11.7. The molecule has 3 heterocycles. The van der Waals surface area contributed by atoms with E-state index in [1.807, 2.05) is 19.4 Å². The van der Waals surface area contributed by atoms with E-state index in [2.05, 4.69) is 32.1 Å². The molecular formula is C12H18N6O2. The summed E-state index contributed by atoms with van der Waals surface area (Å²) in [5, 5.41) is 23.4. The number of carboxylic acids is 1. The lowest BCUT2D eigenvalue weighted by Crippen LogP contribution is -2.31. The summed E-state index contributed by atoms with van der Waals surface area (Å²) in [6.45, 7) is 4.99. The Balaban J connectivity index is 0.000000328. The lowest BCUT2D eigenvalue weighted by Gasteiger charge is -2.23. The summed E-state index contributed by atoms with van der Waals surface area (Å²) in [4.78, 5) is 9.00. The Bertz CT molecular complexity index is 599. The van der Waals surface area contributed by atoms with Gasteiger partial charge in [-0.1, -0.05) is 0 Å². The van der Waals surface area contributed by atoms with Crippen molar-refractivity contribution in [2.24, 2.45) is 7.05 Å². The van der Waals surface area contributed by atoms with Crippen LogP contribution in [0.4, 0.5) is 0 Å². The highest BCUT2D eigenvalue weighted by molar-refractivity contribution is 5.62. The Kier molecular flexibility index (Phi) is 4.14. The molecule has 1 aliphatic rings. The number of hydrogen-bond acceptors (Lipinski definition) is 5. The van der Waals surface area contributed by atoms with Crippen LogP contribution >= 0.6 is 0 Å². The number of hydrogen-bond donors (Lipinski definition) is 2. The molecule has 0 amide bonds. The first kappa shape index (κ1) is 14.2. The van der Waals surface area contributed by atoms with Crippen LogP contribution in [0.25, 0.3) is 11.4 Å². The molecule has 20 heavy (non-hydrogen) atoms. The highest BCUT2D eigenvalue weighted by atomic mass is 16.4. The van der Waals surface area contributed by atoms with Crippen molar-refractivity contribution in [3.8, 4) is 11.4 Å². The van der Waals surface area contributed by atoms with Crippen molar-refractivity contribution in [2.75, 3.05) is 6.54 Å². The third kappa shape index (κ3) is 3.02. The highest BCUT2D eigenvalue weighted by Crippen LogP contribution is 2.23. The van der Waals surface area contributed by atoms with Crippen molar-refractivity contribution in [3.05, 3.63) is 18.2 Å². The lowest BCUT2D eigenvalue weighted by atomic mass is 10.2. The first-order valence-electron chi connectivity index (χ1n) is 6.32. The number of aromatic nitrogens is 5. The first-order valence-corrected chi connectivity index (χ1v) is 6.32. The zero-order valence-electron chi connectivity index (χ0n) is 11.7. The van der Waals surface area contributed by atoms with E-state index >= 15 is 0 Å². The van der Waals surface area contributed by atoms with Gasteiger partial charge < -0.3 is 15.0 Å². The fraction of sp³-hybridized carbons (Fsp3) is 0.500. The smallest absolute Gasteiger partial charge is 0.300 e. The fourth-order valence-corrected chi connectivity index (χ4v) is 2.13. The molecule has 0 fully saturated rings. The molecule has 108 valence electrons. The molecule has 0 spiro atoms. The van der Waals surface area contributed by atoms with E-state index in [1.54, 1.807) is 4.68 Å². The molecule has 2 N–H and O–H groups in total. The van der Waals surface area contributed by atoms with Crippen molar-refractivity contribution < 1.29 is 9.90 Å². The van der Waals surface area contributed by atoms with Gasteiger partial charge in [0.25, 0.3) is 5.97 Å². The quantitative estimate of drug-likeness (QED) is 0.785. The average molecular weight is 278 g/mol. The number of carbonyl (C=O) groups is 1. The van der Waals surface area contributed by atoms with Gasteiger partial charge >= 0.3 is 0 Å². The second kappa shape index (κ2) is 5.83. The summed E-state index contributed by atoms with van der Waals surface area (Å²) in [5.41, 5.74) is 1.02. The van der Waals surface area contributed by atoms with Gasteiger partial charge in [-0.2, -0.15) is 5.10 Å². The molecule has 1 atom stereocenters. The second-order valence-electron chi connectivity index (χ2n) is 4.71. The topological polar surface area (TPSA) is 97.9 Å². The number of nitrogens with zero attached hydrogens (tertiary/aromatic N) is 5. The minimum atomic E-state index is -0.833. The zero-order chi connectivity index (χ0) is 14.7. The number of nitrogens with one attached hydrogen (secondary N) is 1. The monoisotopic (exact) mass is 278 g/mol. The van der Waals surface area contributed by atoms with E-state index in [9.17, 15) is 0 Å². The van der Waals surface area contributed by atoms with Crippen LogP contribution in [-0.2, 0) is 18.4 Å². The van der Waals surface area contributed by atoms with Crippen molar-refractivity contribution >= 4 is 5.97 Å². The maximum absolute atomic E-state index is 9.00. The van der Waals surface area contributed by atoms with E-state index < -0.39 is 5.97 Å². The van der Waals surface area contributed by atoms with E-state index in [0.717, 1.165) is 37.2 Å². The van der Waals surface area contributed by atoms with Crippen LogP contribution in [0.15, 0.2) is 12.4 Å². The van der Waals surface area contributed by atoms with Gasteiger partial charge in [-0.3, -0.25) is 9.48 Å². The number of aliphatic carboxylic acids is 1. The molecule has 1 aliphatic heterocycles. The van der Waals surface area contributed by atoms with Crippen molar-refractivity contribution in [1.29, 1.82) is 0 Å². The molecule has 0 radical (unpaired) electrons. The summed E-state index contributed by atoms with van der Waals surface area (Å²) >= 11 is 0. The van der Waals surface area contributed by atoms with Crippen molar-refractivity contribution in [3.63, 3.8) is 0 Å². The van der Waals surface area contributed by atoms with Gasteiger partial charge in [0.2, 0.25) is 0 Å². The molecule has 0 bridgehead atoms. The third-order valence-electron chi connectivity index (χ3n) is 2.89. The third-order valence-corrected chi connectivity index (χ3v) is 2.89. The van der Waals surface area contributed by atoms with Gasteiger partial charge in [-0.25, -0.2) is 0 Å². The minimum Gasteiger partial charge on any atom is -0.481 e. The molecule has 8 nitrogen and oxygen atoms in total. The summed E-state index contributed by atoms with van der Waals surface area (Å²) in [6, 6.07) is 0.383. The molecule has 2 aromatic heterocycles. The molecule has 0 unspecified atom stereocenters. The molecular weight excluding hydrogens is 260 g/mol. The maximum Gasteiger partial charge on any atom is 0.300 e. The van der Waals surface area contributed by atoms with Gasteiger partial charge in [-0.15, -0.1) is 10.2 Å². The molecule has 3 rings (SSSR count). The number of carboxylic acid groups (broad SMARTS) is 1. The highest BCUT2D eigenvalue weighted by Gasteiger charge is 2.22. The maximum atomic E-state index is 9.00. The van der Waals surface area contributed by atoms with Gasteiger partial charge in [0, 0.05) is 32.8 Å². The molecule has 0 saturated carbocycles. The fourth-order valence-electron chi connectivity index (χ4n) is 2.13. The molecule has 0 aromatic carbocycles.